The third kappa shape index (κ3) is 5.49. The first-order valence-corrected chi connectivity index (χ1v) is 9.51. The summed E-state index contributed by atoms with van der Waals surface area (Å²) in [6.45, 7) is 1.93. The highest BCUT2D eigenvalue weighted by molar-refractivity contribution is 7.89. The summed E-state index contributed by atoms with van der Waals surface area (Å²) in [5.74, 6) is -1.14. The van der Waals surface area contributed by atoms with Crippen LogP contribution in [0.2, 0.25) is 0 Å². The summed E-state index contributed by atoms with van der Waals surface area (Å²) in [6.07, 6.45) is 0. The second-order valence-electron chi connectivity index (χ2n) is 5.81. The van der Waals surface area contributed by atoms with Crippen molar-refractivity contribution in [3.05, 3.63) is 53.8 Å². The molecule has 7 nitrogen and oxygen atoms in total. The molecule has 2 N–H and O–H groups in total. The van der Waals surface area contributed by atoms with Gasteiger partial charge in [0.15, 0.2) is 11.6 Å². The zero-order chi connectivity index (χ0) is 20.0. The fourth-order valence-corrected chi connectivity index (χ4v) is 3.57. The van der Waals surface area contributed by atoms with Gasteiger partial charge < -0.3 is 14.8 Å². The van der Waals surface area contributed by atoms with Crippen LogP contribution in [-0.4, -0.2) is 41.2 Å². The SMILES string of the molecule is COCC(C)NS(=O)(=O)c1ccc(NC(=O)c2ccc(OC)c(F)c2)cc1. The molecule has 9 heteroatoms. The maximum atomic E-state index is 13.7. The summed E-state index contributed by atoms with van der Waals surface area (Å²) in [6, 6.07) is 9.10. The lowest BCUT2D eigenvalue weighted by molar-refractivity contribution is 0.102. The van der Waals surface area contributed by atoms with Crippen molar-refractivity contribution in [1.29, 1.82) is 0 Å². The molecule has 0 aliphatic heterocycles. The molecule has 1 amide bonds. The van der Waals surface area contributed by atoms with Gasteiger partial charge >= 0.3 is 0 Å². The van der Waals surface area contributed by atoms with Crippen molar-refractivity contribution in [2.45, 2.75) is 17.9 Å². The zero-order valence-electron chi connectivity index (χ0n) is 15.2. The largest absolute Gasteiger partial charge is 0.494 e. The Balaban J connectivity index is 2.09. The summed E-state index contributed by atoms with van der Waals surface area (Å²) in [7, 11) is -0.884. The average Bonchev–Trinajstić information content (AvgIpc) is 2.61. The minimum atomic E-state index is -3.70. The average molecular weight is 396 g/mol. The molecule has 27 heavy (non-hydrogen) atoms. The number of anilines is 1. The zero-order valence-corrected chi connectivity index (χ0v) is 16.0. The minimum absolute atomic E-state index is 0.0383. The van der Waals surface area contributed by atoms with Gasteiger partial charge in [0, 0.05) is 24.4 Å². The van der Waals surface area contributed by atoms with E-state index < -0.39 is 21.7 Å². The molecule has 1 unspecified atom stereocenters. The fraction of sp³-hybridized carbons (Fsp3) is 0.278. The van der Waals surface area contributed by atoms with Gasteiger partial charge in [0.2, 0.25) is 10.0 Å². The number of carbonyl (C=O) groups excluding carboxylic acids is 1. The van der Waals surface area contributed by atoms with Crippen LogP contribution >= 0.6 is 0 Å². The van der Waals surface area contributed by atoms with Crippen LogP contribution in [0.1, 0.15) is 17.3 Å². The Morgan fingerprint density at radius 1 is 1.15 bits per heavy atom. The molecule has 2 rings (SSSR count). The summed E-state index contributed by atoms with van der Waals surface area (Å²) in [4.78, 5) is 12.3. The van der Waals surface area contributed by atoms with E-state index in [-0.39, 0.29) is 28.9 Å². The van der Waals surface area contributed by atoms with Gasteiger partial charge in [-0.3, -0.25) is 4.79 Å². The first-order chi connectivity index (χ1) is 12.8. The van der Waals surface area contributed by atoms with Crippen LogP contribution in [0, 0.1) is 5.82 Å². The molecule has 0 saturated carbocycles. The molecule has 1 atom stereocenters. The second kappa shape index (κ2) is 8.94. The van der Waals surface area contributed by atoms with Crippen LogP contribution in [0.4, 0.5) is 10.1 Å². The van der Waals surface area contributed by atoms with E-state index in [0.717, 1.165) is 6.07 Å². The number of methoxy groups -OCH3 is 2. The van der Waals surface area contributed by atoms with Crippen LogP contribution in [-0.2, 0) is 14.8 Å². The molecule has 146 valence electrons. The Morgan fingerprint density at radius 2 is 1.81 bits per heavy atom. The standard InChI is InChI=1S/C18H21FN2O5S/c1-12(11-25-2)21-27(23,24)15-7-5-14(6-8-15)20-18(22)13-4-9-17(26-3)16(19)10-13/h4-10,12,21H,11H2,1-3H3,(H,20,22). The molecular weight excluding hydrogens is 375 g/mol. The number of amides is 1. The number of carbonyl (C=O) groups is 1. The summed E-state index contributed by atoms with van der Waals surface area (Å²) in [5, 5.41) is 2.58. The molecule has 0 radical (unpaired) electrons. The van der Waals surface area contributed by atoms with E-state index in [1.807, 2.05) is 0 Å². The third-order valence-electron chi connectivity index (χ3n) is 3.61. The Kier molecular flexibility index (Phi) is 6.89. The lowest BCUT2D eigenvalue weighted by Crippen LogP contribution is -2.35. The number of benzene rings is 2. The molecule has 0 aliphatic carbocycles. The van der Waals surface area contributed by atoms with E-state index >= 15 is 0 Å². The van der Waals surface area contributed by atoms with Crippen molar-refractivity contribution in [3.63, 3.8) is 0 Å². The first-order valence-electron chi connectivity index (χ1n) is 8.03. The molecule has 0 aromatic heterocycles. The number of hydrogen-bond acceptors (Lipinski definition) is 5. The summed E-state index contributed by atoms with van der Waals surface area (Å²) < 4.78 is 50.4. The predicted octanol–water partition coefficient (Wildman–Crippen LogP) is 2.40. The smallest absolute Gasteiger partial charge is 0.255 e. The molecule has 0 spiro atoms. The summed E-state index contributed by atoms with van der Waals surface area (Å²) in [5.41, 5.74) is 0.486. The molecular formula is C18H21FN2O5S. The lowest BCUT2D eigenvalue weighted by Gasteiger charge is -2.13. The summed E-state index contributed by atoms with van der Waals surface area (Å²) >= 11 is 0. The number of rotatable bonds is 8. The van der Waals surface area contributed by atoms with Crippen molar-refractivity contribution in [2.24, 2.45) is 0 Å². The molecule has 0 bridgehead atoms. The van der Waals surface area contributed by atoms with Gasteiger partial charge in [-0.25, -0.2) is 17.5 Å². The predicted molar refractivity (Wildman–Crippen MR) is 99.0 cm³/mol. The molecule has 0 aliphatic rings. The molecule has 0 fully saturated rings. The highest BCUT2D eigenvalue weighted by Gasteiger charge is 2.17. The quantitative estimate of drug-likeness (QED) is 0.715. The van der Waals surface area contributed by atoms with Crippen LogP contribution < -0.4 is 14.8 Å². The van der Waals surface area contributed by atoms with Crippen molar-refractivity contribution in [2.75, 3.05) is 26.1 Å². The monoisotopic (exact) mass is 396 g/mol. The molecule has 0 heterocycles. The van der Waals surface area contributed by atoms with Crippen LogP contribution in [0.5, 0.6) is 5.75 Å². The molecule has 2 aromatic carbocycles. The van der Waals surface area contributed by atoms with E-state index in [1.54, 1.807) is 6.92 Å². The minimum Gasteiger partial charge on any atom is -0.494 e. The van der Waals surface area contributed by atoms with Gasteiger partial charge in [-0.2, -0.15) is 0 Å². The van der Waals surface area contributed by atoms with Crippen LogP contribution in [0.3, 0.4) is 0 Å². The van der Waals surface area contributed by atoms with E-state index in [9.17, 15) is 17.6 Å². The van der Waals surface area contributed by atoms with Crippen molar-refractivity contribution in [1.82, 2.24) is 4.72 Å². The maximum absolute atomic E-state index is 13.7. The van der Waals surface area contributed by atoms with E-state index in [1.165, 1.54) is 50.6 Å². The van der Waals surface area contributed by atoms with Gasteiger partial charge in [-0.15, -0.1) is 0 Å². The highest BCUT2D eigenvalue weighted by atomic mass is 32.2. The second-order valence-corrected chi connectivity index (χ2v) is 7.52. The topological polar surface area (TPSA) is 93.7 Å². The Morgan fingerprint density at radius 3 is 2.37 bits per heavy atom. The number of sulfonamides is 1. The van der Waals surface area contributed by atoms with Crippen molar-refractivity contribution in [3.8, 4) is 5.75 Å². The fourth-order valence-electron chi connectivity index (χ4n) is 2.35. The van der Waals surface area contributed by atoms with Gasteiger partial charge in [-0.1, -0.05) is 0 Å². The Labute approximate surface area is 157 Å². The number of hydrogen-bond donors (Lipinski definition) is 2. The number of nitrogens with one attached hydrogen (secondary N) is 2. The van der Waals surface area contributed by atoms with Crippen molar-refractivity contribution >= 4 is 21.6 Å². The Bertz CT molecular complexity index is 900. The molecule has 0 saturated heterocycles. The third-order valence-corrected chi connectivity index (χ3v) is 5.21. The lowest BCUT2D eigenvalue weighted by atomic mass is 10.2. The van der Waals surface area contributed by atoms with E-state index in [0.29, 0.717) is 5.69 Å². The number of ether oxygens (including phenoxy) is 2. The maximum Gasteiger partial charge on any atom is 0.255 e. The van der Waals surface area contributed by atoms with E-state index in [2.05, 4.69) is 10.0 Å². The normalized spacial score (nSPS) is 12.4. The Hall–Kier alpha value is -2.49. The van der Waals surface area contributed by atoms with Crippen LogP contribution in [0.15, 0.2) is 47.4 Å². The van der Waals surface area contributed by atoms with Crippen molar-refractivity contribution < 1.29 is 27.1 Å². The van der Waals surface area contributed by atoms with Gasteiger partial charge in [-0.05, 0) is 49.4 Å². The van der Waals surface area contributed by atoms with Gasteiger partial charge in [0.1, 0.15) is 0 Å². The van der Waals surface area contributed by atoms with Gasteiger partial charge in [0.05, 0.1) is 18.6 Å². The van der Waals surface area contributed by atoms with E-state index in [4.69, 9.17) is 9.47 Å². The molecule has 2 aromatic rings. The van der Waals surface area contributed by atoms with Crippen LogP contribution in [0.25, 0.3) is 0 Å². The number of halogens is 1. The first kappa shape index (κ1) is 20.8. The van der Waals surface area contributed by atoms with Gasteiger partial charge in [0.25, 0.3) is 5.91 Å². The highest BCUT2D eigenvalue weighted by Crippen LogP contribution is 2.19.